The van der Waals surface area contributed by atoms with Crippen LogP contribution in [0.5, 0.6) is 0 Å². The summed E-state index contributed by atoms with van der Waals surface area (Å²) in [5.74, 6) is -2.84. The van der Waals surface area contributed by atoms with Crippen LogP contribution in [0.1, 0.15) is 5.56 Å². The van der Waals surface area contributed by atoms with Crippen molar-refractivity contribution in [2.24, 2.45) is 0 Å². The number of rotatable bonds is 7. The number of anilines is 1. The molecule has 1 atom stereocenters. The summed E-state index contributed by atoms with van der Waals surface area (Å²) in [6, 6.07) is 15.8. The molecule has 0 saturated carbocycles. The number of nitrogens with one attached hydrogen (secondary N) is 2. The number of para-hydroxylation sites is 1. The van der Waals surface area contributed by atoms with E-state index in [0.717, 1.165) is 18.2 Å². The molecule has 0 fully saturated rings. The van der Waals surface area contributed by atoms with Gasteiger partial charge in [-0.3, -0.25) is 4.79 Å². The van der Waals surface area contributed by atoms with Crippen LogP contribution in [0.25, 0.3) is 0 Å². The van der Waals surface area contributed by atoms with Gasteiger partial charge in [-0.15, -0.1) is 0 Å². The lowest BCUT2D eigenvalue weighted by Crippen LogP contribution is -2.45. The molecule has 0 aliphatic carbocycles. The van der Waals surface area contributed by atoms with Crippen molar-refractivity contribution in [3.63, 3.8) is 0 Å². The molecule has 0 bridgehead atoms. The van der Waals surface area contributed by atoms with Crippen molar-refractivity contribution in [2.45, 2.75) is 17.4 Å². The second-order valence-electron chi connectivity index (χ2n) is 6.40. The summed E-state index contributed by atoms with van der Waals surface area (Å²) in [6.07, 6.45) is -0.0322. The number of hydrogen-bond donors (Lipinski definition) is 2. The Bertz CT molecular complexity index is 1120. The molecule has 5 nitrogen and oxygen atoms in total. The van der Waals surface area contributed by atoms with Gasteiger partial charge in [0, 0.05) is 5.02 Å². The molecule has 3 rings (SSSR count). The van der Waals surface area contributed by atoms with Crippen LogP contribution in [0.2, 0.25) is 5.02 Å². The van der Waals surface area contributed by atoms with Gasteiger partial charge in [-0.2, -0.15) is 4.72 Å². The molecule has 3 aromatic rings. The number of benzene rings is 3. The first-order valence-electron chi connectivity index (χ1n) is 8.83. The van der Waals surface area contributed by atoms with Crippen molar-refractivity contribution in [3.8, 4) is 0 Å². The van der Waals surface area contributed by atoms with E-state index in [1.54, 1.807) is 30.3 Å². The average Bonchev–Trinajstić information content (AvgIpc) is 2.71. The standard InChI is InChI=1S/C21H17ClF2N2O3S/c22-15-9-11-16(12-10-15)30(28,29)26-19(13-14-5-2-1-3-6-14)21(27)25-20-17(23)7-4-8-18(20)24/h1-12,19,26H,13H2,(H,25,27)/t19-/m0/s1. The summed E-state index contributed by atoms with van der Waals surface area (Å²) >= 11 is 5.79. The van der Waals surface area contributed by atoms with Crippen LogP contribution in [-0.4, -0.2) is 20.4 Å². The SMILES string of the molecule is O=C(Nc1c(F)cccc1F)[C@H](Cc1ccccc1)NS(=O)(=O)c1ccc(Cl)cc1. The zero-order chi connectivity index (χ0) is 21.7. The summed E-state index contributed by atoms with van der Waals surface area (Å²) in [6.45, 7) is 0. The highest BCUT2D eigenvalue weighted by atomic mass is 35.5. The summed E-state index contributed by atoms with van der Waals surface area (Å²) < 4.78 is 55.7. The minimum absolute atomic E-state index is 0.0322. The van der Waals surface area contributed by atoms with E-state index in [1.165, 1.54) is 24.3 Å². The molecule has 2 N–H and O–H groups in total. The van der Waals surface area contributed by atoms with Gasteiger partial charge < -0.3 is 5.32 Å². The van der Waals surface area contributed by atoms with E-state index >= 15 is 0 Å². The Morgan fingerprint density at radius 1 is 0.900 bits per heavy atom. The molecule has 0 saturated heterocycles. The molecular formula is C21H17ClF2N2O3S. The molecule has 3 aromatic carbocycles. The molecule has 1 amide bonds. The Labute approximate surface area is 177 Å². The minimum Gasteiger partial charge on any atom is -0.320 e. The molecule has 0 aliphatic rings. The topological polar surface area (TPSA) is 75.3 Å². The maximum atomic E-state index is 13.9. The van der Waals surface area contributed by atoms with E-state index in [9.17, 15) is 22.0 Å². The molecule has 0 aromatic heterocycles. The van der Waals surface area contributed by atoms with Gasteiger partial charge in [0.1, 0.15) is 23.4 Å². The fourth-order valence-electron chi connectivity index (χ4n) is 2.73. The van der Waals surface area contributed by atoms with E-state index in [1.807, 2.05) is 0 Å². The number of carbonyl (C=O) groups excluding carboxylic acids is 1. The molecular weight excluding hydrogens is 434 g/mol. The van der Waals surface area contributed by atoms with Crippen molar-refractivity contribution in [3.05, 3.63) is 95.0 Å². The largest absolute Gasteiger partial charge is 0.320 e. The maximum Gasteiger partial charge on any atom is 0.243 e. The van der Waals surface area contributed by atoms with Gasteiger partial charge in [0.25, 0.3) is 0 Å². The first kappa shape index (κ1) is 21.9. The van der Waals surface area contributed by atoms with Crippen LogP contribution in [0.4, 0.5) is 14.5 Å². The van der Waals surface area contributed by atoms with Crippen LogP contribution in [0.15, 0.2) is 77.7 Å². The second-order valence-corrected chi connectivity index (χ2v) is 8.55. The summed E-state index contributed by atoms with van der Waals surface area (Å²) in [5, 5.41) is 2.49. The zero-order valence-electron chi connectivity index (χ0n) is 15.5. The lowest BCUT2D eigenvalue weighted by atomic mass is 10.1. The predicted molar refractivity (Wildman–Crippen MR) is 111 cm³/mol. The Morgan fingerprint density at radius 3 is 2.10 bits per heavy atom. The third kappa shape index (κ3) is 5.41. The predicted octanol–water partition coefficient (Wildman–Crippen LogP) is 4.15. The smallest absolute Gasteiger partial charge is 0.243 e. The summed E-state index contributed by atoms with van der Waals surface area (Å²) in [4.78, 5) is 12.7. The van der Waals surface area contributed by atoms with Crippen molar-refractivity contribution >= 4 is 33.2 Å². The quantitative estimate of drug-likeness (QED) is 0.568. The van der Waals surface area contributed by atoms with Crippen LogP contribution in [0, 0.1) is 11.6 Å². The highest BCUT2D eigenvalue weighted by Crippen LogP contribution is 2.20. The Morgan fingerprint density at radius 2 is 1.50 bits per heavy atom. The normalized spacial score (nSPS) is 12.4. The molecule has 0 radical (unpaired) electrons. The van der Waals surface area contributed by atoms with Gasteiger partial charge in [0.15, 0.2) is 0 Å². The van der Waals surface area contributed by atoms with E-state index < -0.39 is 39.3 Å². The van der Waals surface area contributed by atoms with Crippen LogP contribution < -0.4 is 10.0 Å². The highest BCUT2D eigenvalue weighted by Gasteiger charge is 2.27. The molecule has 9 heteroatoms. The first-order chi connectivity index (χ1) is 14.3. The molecule has 0 unspecified atom stereocenters. The van der Waals surface area contributed by atoms with Crippen molar-refractivity contribution in [1.29, 1.82) is 0 Å². The molecule has 0 aliphatic heterocycles. The zero-order valence-corrected chi connectivity index (χ0v) is 17.1. The molecule has 0 spiro atoms. The van der Waals surface area contributed by atoms with Gasteiger partial charge in [-0.1, -0.05) is 48.0 Å². The highest BCUT2D eigenvalue weighted by molar-refractivity contribution is 7.89. The fraction of sp³-hybridized carbons (Fsp3) is 0.0952. The monoisotopic (exact) mass is 450 g/mol. The van der Waals surface area contributed by atoms with Crippen molar-refractivity contribution in [2.75, 3.05) is 5.32 Å². The second kappa shape index (κ2) is 9.34. The van der Waals surface area contributed by atoms with Crippen molar-refractivity contribution < 1.29 is 22.0 Å². The van der Waals surface area contributed by atoms with E-state index in [4.69, 9.17) is 11.6 Å². The van der Waals surface area contributed by atoms with Crippen LogP contribution in [-0.2, 0) is 21.2 Å². The van der Waals surface area contributed by atoms with Gasteiger partial charge in [0.2, 0.25) is 15.9 Å². The van der Waals surface area contributed by atoms with Gasteiger partial charge in [0.05, 0.1) is 4.90 Å². The lowest BCUT2D eigenvalue weighted by molar-refractivity contribution is -0.117. The molecule has 0 heterocycles. The first-order valence-corrected chi connectivity index (χ1v) is 10.7. The lowest BCUT2D eigenvalue weighted by Gasteiger charge is -2.19. The van der Waals surface area contributed by atoms with E-state index in [0.29, 0.717) is 10.6 Å². The Hall–Kier alpha value is -2.81. The van der Waals surface area contributed by atoms with Crippen LogP contribution in [0.3, 0.4) is 0 Å². The fourth-order valence-corrected chi connectivity index (χ4v) is 4.06. The van der Waals surface area contributed by atoms with Gasteiger partial charge in [-0.05, 0) is 48.4 Å². The number of hydrogen-bond acceptors (Lipinski definition) is 3. The minimum atomic E-state index is -4.11. The summed E-state index contributed by atoms with van der Waals surface area (Å²) in [5.41, 5.74) is 0.0108. The maximum absolute atomic E-state index is 13.9. The molecule has 30 heavy (non-hydrogen) atoms. The molecule has 156 valence electrons. The van der Waals surface area contributed by atoms with E-state index in [2.05, 4.69) is 10.0 Å². The Balaban J connectivity index is 1.90. The average molecular weight is 451 g/mol. The third-order valence-electron chi connectivity index (χ3n) is 4.23. The number of halogens is 3. The third-order valence-corrected chi connectivity index (χ3v) is 5.97. The Kier molecular flexibility index (Phi) is 6.81. The van der Waals surface area contributed by atoms with Crippen LogP contribution >= 0.6 is 11.6 Å². The van der Waals surface area contributed by atoms with Crippen molar-refractivity contribution in [1.82, 2.24) is 4.72 Å². The number of sulfonamides is 1. The van der Waals surface area contributed by atoms with Gasteiger partial charge >= 0.3 is 0 Å². The van der Waals surface area contributed by atoms with Gasteiger partial charge in [-0.25, -0.2) is 17.2 Å². The summed E-state index contributed by atoms with van der Waals surface area (Å²) in [7, 11) is -4.11. The number of amides is 1. The number of carbonyl (C=O) groups is 1. The van der Waals surface area contributed by atoms with E-state index in [-0.39, 0.29) is 11.3 Å².